The lowest BCUT2D eigenvalue weighted by atomic mass is 10.0. The van der Waals surface area contributed by atoms with E-state index in [1.807, 2.05) is 19.1 Å². The lowest BCUT2D eigenvalue weighted by molar-refractivity contribution is -0.140. The van der Waals surface area contributed by atoms with Gasteiger partial charge in [0.2, 0.25) is 0 Å². The number of alkyl halides is 3. The van der Waals surface area contributed by atoms with Crippen LogP contribution in [0.5, 0.6) is 0 Å². The average molecular weight is 257 g/mol. The Balaban J connectivity index is 2.64. The van der Waals surface area contributed by atoms with Crippen LogP contribution in [0.15, 0.2) is 42.5 Å². The third-order valence-electron chi connectivity index (χ3n) is 2.57. The molecule has 1 nitrogen and oxygen atoms in total. The van der Waals surface area contributed by atoms with Gasteiger partial charge in [-0.3, -0.25) is 0 Å². The van der Waals surface area contributed by atoms with E-state index in [4.69, 9.17) is 0 Å². The number of halogens is 3. The van der Waals surface area contributed by atoms with Crippen molar-refractivity contribution in [3.63, 3.8) is 0 Å². The van der Waals surface area contributed by atoms with Gasteiger partial charge in [-0.15, -0.1) is 0 Å². The van der Waals surface area contributed by atoms with E-state index >= 15 is 0 Å². The van der Waals surface area contributed by atoms with Crippen LogP contribution in [0.4, 0.5) is 13.2 Å². The first-order chi connectivity index (χ1) is 8.53. The Morgan fingerprint density at radius 1 is 1.22 bits per heavy atom. The van der Waals surface area contributed by atoms with Crippen LogP contribution in [0.25, 0.3) is 0 Å². The summed E-state index contributed by atoms with van der Waals surface area (Å²) < 4.78 is 37.5. The van der Waals surface area contributed by atoms with Crippen LogP contribution in [0.2, 0.25) is 0 Å². The fraction of sp³-hybridized carbons (Fsp3) is 0.429. The van der Waals surface area contributed by atoms with Gasteiger partial charge in [-0.05, 0) is 25.5 Å². The molecule has 1 rings (SSSR count). The summed E-state index contributed by atoms with van der Waals surface area (Å²) in [5.41, 5.74) is 0.676. The van der Waals surface area contributed by atoms with Gasteiger partial charge in [-0.2, -0.15) is 13.2 Å². The highest BCUT2D eigenvalue weighted by atomic mass is 19.4. The normalized spacial score (nSPS) is 14.0. The summed E-state index contributed by atoms with van der Waals surface area (Å²) >= 11 is 0. The van der Waals surface area contributed by atoms with Crippen molar-refractivity contribution >= 4 is 0 Å². The highest BCUT2D eigenvalue weighted by Gasteiger charge is 2.32. The van der Waals surface area contributed by atoms with Crippen molar-refractivity contribution in [1.29, 1.82) is 0 Å². The highest BCUT2D eigenvalue weighted by Crippen LogP contribution is 2.29. The second-order valence-electron chi connectivity index (χ2n) is 4.09. The lowest BCUT2D eigenvalue weighted by Crippen LogP contribution is -2.27. The summed E-state index contributed by atoms with van der Waals surface area (Å²) in [5.74, 6) is 0. The van der Waals surface area contributed by atoms with Crippen molar-refractivity contribution in [3.8, 4) is 0 Å². The van der Waals surface area contributed by atoms with Gasteiger partial charge in [-0.25, -0.2) is 0 Å². The van der Waals surface area contributed by atoms with Gasteiger partial charge in [0.1, 0.15) is 0 Å². The smallest absolute Gasteiger partial charge is 0.309 e. The van der Waals surface area contributed by atoms with Crippen molar-refractivity contribution in [3.05, 3.63) is 48.0 Å². The van der Waals surface area contributed by atoms with Crippen LogP contribution in [0.3, 0.4) is 0 Å². The van der Waals surface area contributed by atoms with Gasteiger partial charge in [0, 0.05) is 6.04 Å². The first kappa shape index (κ1) is 14.8. The standard InChI is InChI=1S/C14H18F3N/c1-2-3-7-10-18-13(11-14(15,16)17)12-8-5-4-6-9-12/h2-6,8-9,13,18H,7,10-11H2,1H3/b3-2+. The molecule has 0 aliphatic heterocycles. The highest BCUT2D eigenvalue weighted by molar-refractivity contribution is 5.19. The van der Waals surface area contributed by atoms with E-state index in [0.717, 1.165) is 6.42 Å². The van der Waals surface area contributed by atoms with Gasteiger partial charge in [0.15, 0.2) is 0 Å². The molecule has 0 saturated carbocycles. The summed E-state index contributed by atoms with van der Waals surface area (Å²) in [6, 6.07) is 8.08. The maximum atomic E-state index is 12.5. The molecule has 0 aliphatic carbocycles. The van der Waals surface area contributed by atoms with Gasteiger partial charge in [-0.1, -0.05) is 42.5 Å². The maximum absolute atomic E-state index is 12.5. The Morgan fingerprint density at radius 2 is 1.89 bits per heavy atom. The van der Waals surface area contributed by atoms with E-state index in [1.165, 1.54) is 0 Å². The molecule has 0 amide bonds. The number of hydrogen-bond donors (Lipinski definition) is 1. The van der Waals surface area contributed by atoms with Crippen LogP contribution in [-0.4, -0.2) is 12.7 Å². The minimum Gasteiger partial charge on any atom is -0.309 e. The van der Waals surface area contributed by atoms with E-state index in [2.05, 4.69) is 5.32 Å². The SMILES string of the molecule is C/C=C/CCNC(CC(F)(F)F)c1ccccc1. The third kappa shape index (κ3) is 5.87. The molecule has 0 aromatic heterocycles. The molecule has 0 spiro atoms. The molecular weight excluding hydrogens is 239 g/mol. The lowest BCUT2D eigenvalue weighted by Gasteiger charge is -2.20. The monoisotopic (exact) mass is 257 g/mol. The van der Waals surface area contributed by atoms with Gasteiger partial charge < -0.3 is 5.32 Å². The third-order valence-corrected chi connectivity index (χ3v) is 2.57. The number of nitrogens with one attached hydrogen (secondary N) is 1. The fourth-order valence-corrected chi connectivity index (χ4v) is 1.73. The molecule has 0 bridgehead atoms. The first-order valence-electron chi connectivity index (χ1n) is 5.99. The van der Waals surface area contributed by atoms with Crippen LogP contribution in [0.1, 0.15) is 31.4 Å². The van der Waals surface area contributed by atoms with Crippen molar-refractivity contribution in [2.24, 2.45) is 0 Å². The van der Waals surface area contributed by atoms with Crippen molar-refractivity contribution in [1.82, 2.24) is 5.32 Å². The van der Waals surface area contributed by atoms with Crippen LogP contribution in [0, 0.1) is 0 Å². The van der Waals surface area contributed by atoms with Gasteiger partial charge in [0.25, 0.3) is 0 Å². The summed E-state index contributed by atoms with van der Waals surface area (Å²) in [6.07, 6.45) is -0.440. The number of hydrogen-bond acceptors (Lipinski definition) is 1. The summed E-state index contributed by atoms with van der Waals surface area (Å²) in [6.45, 7) is 2.43. The van der Waals surface area contributed by atoms with E-state index in [0.29, 0.717) is 12.1 Å². The largest absolute Gasteiger partial charge is 0.390 e. The van der Waals surface area contributed by atoms with E-state index in [1.54, 1.807) is 30.3 Å². The zero-order valence-corrected chi connectivity index (χ0v) is 10.4. The van der Waals surface area contributed by atoms with Crippen molar-refractivity contribution in [2.75, 3.05) is 6.54 Å². The molecule has 18 heavy (non-hydrogen) atoms. The summed E-state index contributed by atoms with van der Waals surface area (Å²) in [7, 11) is 0. The molecule has 4 heteroatoms. The minimum atomic E-state index is -4.16. The first-order valence-corrected chi connectivity index (χ1v) is 5.99. The van der Waals surface area contributed by atoms with E-state index in [9.17, 15) is 13.2 Å². The molecular formula is C14H18F3N. The molecule has 0 heterocycles. The zero-order chi connectivity index (χ0) is 13.4. The minimum absolute atomic E-state index is 0.542. The predicted molar refractivity (Wildman–Crippen MR) is 67.3 cm³/mol. The molecule has 1 unspecified atom stereocenters. The Hall–Kier alpha value is -1.29. The zero-order valence-electron chi connectivity index (χ0n) is 10.4. The Kier molecular flexibility index (Phi) is 5.92. The predicted octanol–water partition coefficient (Wildman–Crippen LogP) is 4.24. The quantitative estimate of drug-likeness (QED) is 0.594. The Labute approximate surface area is 106 Å². The molecule has 0 fully saturated rings. The number of benzene rings is 1. The Bertz CT molecular complexity index is 357. The maximum Gasteiger partial charge on any atom is 0.390 e. The van der Waals surface area contributed by atoms with Crippen LogP contribution in [-0.2, 0) is 0 Å². The average Bonchev–Trinajstić information content (AvgIpc) is 2.33. The van der Waals surface area contributed by atoms with E-state index in [-0.39, 0.29) is 0 Å². The molecule has 0 saturated heterocycles. The van der Waals surface area contributed by atoms with Crippen LogP contribution < -0.4 is 5.32 Å². The molecule has 0 radical (unpaired) electrons. The molecule has 1 aromatic rings. The van der Waals surface area contributed by atoms with Crippen LogP contribution >= 0.6 is 0 Å². The fourth-order valence-electron chi connectivity index (χ4n) is 1.73. The Morgan fingerprint density at radius 3 is 2.44 bits per heavy atom. The number of allylic oxidation sites excluding steroid dienone is 1. The molecule has 1 aromatic carbocycles. The molecule has 1 N–H and O–H groups in total. The summed E-state index contributed by atoms with van der Waals surface area (Å²) in [5, 5.41) is 2.96. The molecule has 0 aliphatic rings. The van der Waals surface area contributed by atoms with Crippen molar-refractivity contribution in [2.45, 2.75) is 32.0 Å². The van der Waals surface area contributed by atoms with Gasteiger partial charge in [0.05, 0.1) is 6.42 Å². The molecule has 100 valence electrons. The number of rotatable bonds is 6. The molecule has 1 atom stereocenters. The van der Waals surface area contributed by atoms with Crippen molar-refractivity contribution < 1.29 is 13.2 Å². The van der Waals surface area contributed by atoms with E-state index < -0.39 is 18.6 Å². The second-order valence-corrected chi connectivity index (χ2v) is 4.09. The second kappa shape index (κ2) is 7.21. The topological polar surface area (TPSA) is 12.0 Å². The van der Waals surface area contributed by atoms with Gasteiger partial charge >= 0.3 is 6.18 Å². The summed E-state index contributed by atoms with van der Waals surface area (Å²) in [4.78, 5) is 0.